The Morgan fingerprint density at radius 2 is 1.40 bits per heavy atom. The van der Waals surface area contributed by atoms with E-state index in [4.69, 9.17) is 19.4 Å². The Kier molecular flexibility index (Phi) is 16.9. The number of aliphatic hydroxyl groups excluding tert-OH is 1. The van der Waals surface area contributed by atoms with Gasteiger partial charge in [-0.25, -0.2) is 0 Å². The minimum Gasteiger partial charge on any atom is -0.461 e. The van der Waals surface area contributed by atoms with Crippen molar-refractivity contribution < 1.29 is 29.0 Å². The molecule has 3 aromatic heterocycles. The van der Waals surface area contributed by atoms with Gasteiger partial charge in [0.15, 0.2) is 17.9 Å². The Morgan fingerprint density at radius 3 is 2.05 bits per heavy atom. The highest BCUT2D eigenvalue weighted by molar-refractivity contribution is 6.16. The average molecular weight is 891 g/mol. The highest BCUT2D eigenvalue weighted by Crippen LogP contribution is 2.49. The molecular formula is C55H78N4O6. The maximum Gasteiger partial charge on any atom is 0.306 e. The Bertz CT molecular complexity index is 2410. The Labute approximate surface area is 388 Å². The molecule has 3 aromatic rings. The normalized spacial score (nSPS) is 21.0. The maximum absolute atomic E-state index is 14.5. The van der Waals surface area contributed by atoms with E-state index in [0.717, 1.165) is 75.9 Å². The lowest BCUT2D eigenvalue weighted by atomic mass is 9.83. The predicted octanol–water partition coefficient (Wildman–Crippen LogP) is 13.3. The van der Waals surface area contributed by atoms with Gasteiger partial charge in [0.1, 0.15) is 12.5 Å². The molecule has 2 aliphatic heterocycles. The van der Waals surface area contributed by atoms with Crippen molar-refractivity contribution in [2.75, 3.05) is 13.7 Å². The molecule has 5 heterocycles. The fourth-order valence-corrected chi connectivity index (χ4v) is 10.9. The van der Waals surface area contributed by atoms with Gasteiger partial charge in [-0.3, -0.25) is 24.4 Å². The number of esters is 1. The van der Waals surface area contributed by atoms with Gasteiger partial charge in [0.25, 0.3) is 0 Å². The molecule has 3 aliphatic rings. The minimum absolute atomic E-state index is 0.0435. The first-order valence-corrected chi connectivity index (χ1v) is 24.8. The highest BCUT2D eigenvalue weighted by atomic mass is 16.6. The molecule has 2 unspecified atom stereocenters. The molecule has 8 atom stereocenters. The van der Waals surface area contributed by atoms with Crippen LogP contribution in [0.15, 0.2) is 29.8 Å². The fraction of sp³-hybridized carbons (Fsp3) is 0.618. The number of carbonyl (C=O) groups is 3. The van der Waals surface area contributed by atoms with E-state index in [1.54, 1.807) is 6.92 Å². The number of nitrogens with zero attached hydrogens (tertiary/aromatic N) is 2. The maximum atomic E-state index is 14.5. The number of ether oxygens (including phenoxy) is 2. The third-order valence-corrected chi connectivity index (χ3v) is 15.0. The van der Waals surface area contributed by atoms with Crippen molar-refractivity contribution in [2.45, 2.75) is 189 Å². The lowest BCUT2D eigenvalue weighted by Gasteiger charge is -2.21. The molecule has 10 nitrogen and oxygen atoms in total. The molecule has 8 bridgehead atoms. The van der Waals surface area contributed by atoms with Gasteiger partial charge in [0.05, 0.1) is 16.7 Å². The number of H-pyrrole nitrogens is 2. The standard InChI is InChI=1S/C55H78N4O6/c1-13-39-34(7)41-29-46-48(38(11)60)36(9)43(57-46)27-42-35(8)40(52(58-42)50-51(55(63)64-12)54(62)49-37(10)44(59-53(49)50)28-45(39)56-41)23-24-47(61)65-26-25-33(6)22-16-21-32(5)20-15-19-31(4)18-14-17-30(2)3/h25,27-32,34-35,39-40,51,55,57,59,63H,13-24,26H2,1-12H3/b33-25+,41-29?,42-27?,43-27?,44-28?,45-28?,46-29?,52-50?/t31-,32?,34+,35-,39+,40-,51+,55?/m0/s1. The van der Waals surface area contributed by atoms with Gasteiger partial charge < -0.3 is 24.5 Å². The molecule has 354 valence electrons. The number of ketones is 2. The van der Waals surface area contributed by atoms with Gasteiger partial charge in [-0.2, -0.15) is 0 Å². The molecular weight excluding hydrogens is 813 g/mol. The van der Waals surface area contributed by atoms with E-state index in [-0.39, 0.29) is 54.2 Å². The summed E-state index contributed by atoms with van der Waals surface area (Å²) in [6.07, 6.45) is 13.3. The van der Waals surface area contributed by atoms with Crippen LogP contribution in [0.3, 0.4) is 0 Å². The van der Waals surface area contributed by atoms with E-state index in [1.807, 2.05) is 38.1 Å². The van der Waals surface area contributed by atoms with Crippen molar-refractivity contribution >= 4 is 39.6 Å². The van der Waals surface area contributed by atoms with Crippen molar-refractivity contribution in [3.63, 3.8) is 0 Å². The summed E-state index contributed by atoms with van der Waals surface area (Å²) in [5, 5.41) is 11.3. The predicted molar refractivity (Wildman–Crippen MR) is 262 cm³/mol. The van der Waals surface area contributed by atoms with Crippen LogP contribution in [-0.4, -0.2) is 62.6 Å². The van der Waals surface area contributed by atoms with Crippen LogP contribution >= 0.6 is 0 Å². The van der Waals surface area contributed by atoms with Gasteiger partial charge in [-0.05, 0) is 107 Å². The molecule has 0 amide bonds. The third kappa shape index (κ3) is 11.2. The van der Waals surface area contributed by atoms with Crippen LogP contribution in [0.1, 0.15) is 229 Å². The van der Waals surface area contributed by atoms with E-state index in [1.165, 1.54) is 57.6 Å². The molecule has 1 aliphatic carbocycles. The number of aryl methyl sites for hydroxylation is 2. The Hall–Kier alpha value is -4.41. The zero-order valence-electron chi connectivity index (χ0n) is 41.6. The molecule has 3 N–H and O–H groups in total. The first kappa shape index (κ1) is 50.0. The van der Waals surface area contributed by atoms with Crippen LogP contribution in [-0.2, 0) is 14.3 Å². The second-order valence-electron chi connectivity index (χ2n) is 20.4. The molecule has 0 radical (unpaired) electrons. The summed E-state index contributed by atoms with van der Waals surface area (Å²) in [5.74, 6) is 0.508. The summed E-state index contributed by atoms with van der Waals surface area (Å²) >= 11 is 0. The first-order valence-electron chi connectivity index (χ1n) is 24.8. The van der Waals surface area contributed by atoms with E-state index >= 15 is 0 Å². The number of allylic oxidation sites excluding steroid dienone is 1. The van der Waals surface area contributed by atoms with Crippen molar-refractivity contribution in [2.24, 2.45) is 17.8 Å². The molecule has 6 rings (SSSR count). The van der Waals surface area contributed by atoms with Gasteiger partial charge in [-0.1, -0.05) is 99.0 Å². The van der Waals surface area contributed by atoms with Crippen LogP contribution in [0.5, 0.6) is 0 Å². The summed E-state index contributed by atoms with van der Waals surface area (Å²) in [6.45, 7) is 23.6. The van der Waals surface area contributed by atoms with Crippen LogP contribution in [0.2, 0.25) is 0 Å². The van der Waals surface area contributed by atoms with Gasteiger partial charge >= 0.3 is 5.97 Å². The van der Waals surface area contributed by atoms with Crippen LogP contribution in [0.25, 0.3) is 22.1 Å². The summed E-state index contributed by atoms with van der Waals surface area (Å²) in [6, 6.07) is 6.04. The van der Waals surface area contributed by atoms with Crippen LogP contribution < -0.4 is 0 Å². The quantitative estimate of drug-likeness (QED) is 0.0414. The van der Waals surface area contributed by atoms with Crippen molar-refractivity contribution in [3.05, 3.63) is 80.4 Å². The number of carbonyl (C=O) groups excluding carboxylic acids is 3. The topological polar surface area (TPSA) is 147 Å². The van der Waals surface area contributed by atoms with E-state index < -0.39 is 12.2 Å². The van der Waals surface area contributed by atoms with Crippen molar-refractivity contribution in [1.29, 1.82) is 0 Å². The van der Waals surface area contributed by atoms with Gasteiger partial charge in [0, 0.05) is 82.0 Å². The fourth-order valence-electron chi connectivity index (χ4n) is 10.9. The third-order valence-electron chi connectivity index (χ3n) is 15.0. The monoisotopic (exact) mass is 891 g/mol. The van der Waals surface area contributed by atoms with Crippen LogP contribution in [0, 0.1) is 31.6 Å². The Balaban J connectivity index is 1.24. The first-order chi connectivity index (χ1) is 30.9. The Morgan fingerprint density at radius 1 is 0.800 bits per heavy atom. The van der Waals surface area contributed by atoms with Crippen molar-refractivity contribution in [3.8, 4) is 0 Å². The van der Waals surface area contributed by atoms with E-state index in [0.29, 0.717) is 40.2 Å². The molecule has 0 saturated heterocycles. The molecule has 65 heavy (non-hydrogen) atoms. The van der Waals surface area contributed by atoms with E-state index in [2.05, 4.69) is 65.4 Å². The number of hydrogen-bond acceptors (Lipinski definition) is 8. The highest BCUT2D eigenvalue weighted by Gasteiger charge is 2.45. The zero-order valence-corrected chi connectivity index (χ0v) is 41.6. The second-order valence-corrected chi connectivity index (χ2v) is 20.4. The number of methoxy groups -OCH3 is 1. The van der Waals surface area contributed by atoms with Gasteiger partial charge in [-0.15, -0.1) is 0 Å². The van der Waals surface area contributed by atoms with Crippen molar-refractivity contribution in [1.82, 2.24) is 19.9 Å². The number of aromatic nitrogens is 4. The number of aromatic amines is 2. The summed E-state index contributed by atoms with van der Waals surface area (Å²) in [4.78, 5) is 58.7. The molecule has 0 saturated carbocycles. The second kappa shape index (κ2) is 21.9. The summed E-state index contributed by atoms with van der Waals surface area (Å²) in [5.41, 5.74) is 10.6. The summed E-state index contributed by atoms with van der Waals surface area (Å²) < 4.78 is 11.3. The van der Waals surface area contributed by atoms with E-state index in [9.17, 15) is 19.5 Å². The average Bonchev–Trinajstić information content (AvgIpc) is 4.00. The smallest absolute Gasteiger partial charge is 0.306 e. The zero-order chi connectivity index (χ0) is 47.3. The number of aliphatic hydroxyl groups is 1. The molecule has 0 aromatic carbocycles. The lowest BCUT2D eigenvalue weighted by Crippen LogP contribution is -2.26. The number of nitrogens with one attached hydrogen (secondary N) is 2. The molecule has 0 fully saturated rings. The van der Waals surface area contributed by atoms with Gasteiger partial charge in [0.2, 0.25) is 0 Å². The SMILES string of the molecule is CC[C@H]1c2cc3[nH]c4c(c3C)C(=O)[C@H](C(O)OC)c4c3nc(cc4[nH]c(cc(n2)[C@@H]1C)c(C(C)=O)c4C)[C@@H](C)[C@@H]3CCC(=O)OC/C=C(\C)CCCC(C)CCC[C@@H](C)CCCC(C)C. The molecule has 10 heteroatoms. The molecule has 0 spiro atoms. The number of fused-ring (bicyclic) bond motifs is 8. The largest absolute Gasteiger partial charge is 0.461 e. The number of rotatable bonds is 21. The number of hydrogen-bond donors (Lipinski definition) is 3. The lowest BCUT2D eigenvalue weighted by molar-refractivity contribution is -0.142. The number of Topliss-reactive ketones (excluding diaryl/α,β-unsaturated/α-hetero) is 2. The summed E-state index contributed by atoms with van der Waals surface area (Å²) in [7, 11) is 1.40. The van der Waals surface area contributed by atoms with Crippen LogP contribution in [0.4, 0.5) is 0 Å². The minimum atomic E-state index is -1.41.